The quantitative estimate of drug-likeness (QED) is 0.364. The highest BCUT2D eigenvalue weighted by atomic mass is 16.5. The molecule has 0 radical (unpaired) electrons. The lowest BCUT2D eigenvalue weighted by Gasteiger charge is -2.41. The summed E-state index contributed by atoms with van der Waals surface area (Å²) < 4.78 is 11.6. The average Bonchev–Trinajstić information content (AvgIpc) is 2.92. The summed E-state index contributed by atoms with van der Waals surface area (Å²) in [5, 5.41) is 12.2. The molecule has 1 aromatic heterocycles. The van der Waals surface area contributed by atoms with Gasteiger partial charge >= 0.3 is 5.97 Å². The Morgan fingerprint density at radius 1 is 1.18 bits per heavy atom. The molecule has 1 aliphatic heterocycles. The maximum atomic E-state index is 12.9. The van der Waals surface area contributed by atoms with E-state index in [9.17, 15) is 14.7 Å². The highest BCUT2D eigenvalue weighted by Crippen LogP contribution is 2.36. The monoisotopic (exact) mass is 551 g/mol. The van der Waals surface area contributed by atoms with Crippen molar-refractivity contribution in [3.05, 3.63) is 48.2 Å². The van der Waals surface area contributed by atoms with Crippen LogP contribution < -0.4 is 15.8 Å². The SMILES string of the molecule is CC(C)(C)OC[C@@H](NC(=O)CC[C@@H](C1CCCCC1)N1Cc2cc(Oc3ccccc3)ncc2N=C1N)C(=O)O. The van der Waals surface area contributed by atoms with Crippen molar-refractivity contribution in [2.45, 2.75) is 89.9 Å². The van der Waals surface area contributed by atoms with Crippen LogP contribution >= 0.6 is 0 Å². The number of carboxylic acids is 1. The van der Waals surface area contributed by atoms with Crippen LogP contribution in [0.4, 0.5) is 5.69 Å². The van der Waals surface area contributed by atoms with Gasteiger partial charge in [-0.05, 0) is 58.1 Å². The number of aliphatic carboxylic acids is 1. The third-order valence-electron chi connectivity index (χ3n) is 7.35. The zero-order valence-corrected chi connectivity index (χ0v) is 23.6. The van der Waals surface area contributed by atoms with Crippen LogP contribution in [-0.4, -0.2) is 57.1 Å². The highest BCUT2D eigenvalue weighted by molar-refractivity contribution is 5.85. The Morgan fingerprint density at radius 2 is 1.90 bits per heavy atom. The molecule has 0 unspecified atom stereocenters. The number of carboxylic acid groups (broad SMARTS) is 1. The largest absolute Gasteiger partial charge is 0.480 e. The van der Waals surface area contributed by atoms with Gasteiger partial charge in [-0.25, -0.2) is 14.8 Å². The number of aromatic nitrogens is 1. The molecule has 1 aromatic carbocycles. The summed E-state index contributed by atoms with van der Waals surface area (Å²) in [5.41, 5.74) is 7.64. The molecular formula is C30H41N5O5. The van der Waals surface area contributed by atoms with Gasteiger partial charge < -0.3 is 30.5 Å². The molecule has 2 aliphatic rings. The number of hydrogen-bond donors (Lipinski definition) is 3. The van der Waals surface area contributed by atoms with Crippen LogP contribution in [0.3, 0.4) is 0 Å². The predicted molar refractivity (Wildman–Crippen MR) is 152 cm³/mol. The Bertz CT molecular complexity index is 1190. The molecule has 2 atom stereocenters. The summed E-state index contributed by atoms with van der Waals surface area (Å²) >= 11 is 0. The van der Waals surface area contributed by atoms with E-state index in [1.807, 2.05) is 57.2 Å². The molecule has 1 fully saturated rings. The van der Waals surface area contributed by atoms with Crippen molar-refractivity contribution in [2.75, 3.05) is 6.61 Å². The number of nitrogens with zero attached hydrogens (tertiary/aromatic N) is 3. The number of rotatable bonds is 11. The molecule has 0 bridgehead atoms. The first-order chi connectivity index (χ1) is 19.1. The molecule has 4 rings (SSSR count). The van der Waals surface area contributed by atoms with Gasteiger partial charge in [0.1, 0.15) is 5.75 Å². The second-order valence-corrected chi connectivity index (χ2v) is 11.6. The number of nitrogens with two attached hydrogens (primary N) is 1. The number of guanidine groups is 1. The number of aliphatic imine (C=N–C) groups is 1. The summed E-state index contributed by atoms with van der Waals surface area (Å²) in [5.74, 6) is 0.506. The van der Waals surface area contributed by atoms with E-state index in [1.54, 1.807) is 6.20 Å². The number of amides is 1. The first-order valence-corrected chi connectivity index (χ1v) is 14.1. The number of benzene rings is 1. The number of nitrogens with one attached hydrogen (secondary N) is 1. The van der Waals surface area contributed by atoms with Crippen LogP contribution in [0.2, 0.25) is 0 Å². The normalized spacial score (nSPS) is 17.4. The molecule has 4 N–H and O–H groups in total. The summed E-state index contributed by atoms with van der Waals surface area (Å²) in [6, 6.07) is 10.3. The minimum Gasteiger partial charge on any atom is -0.480 e. The molecule has 40 heavy (non-hydrogen) atoms. The molecule has 10 nitrogen and oxygen atoms in total. The standard InChI is InChI=1S/C30H41N5O5/c1-30(2,3)39-19-24(28(37)38)33-26(36)15-14-25(20-10-6-4-7-11-20)35-18-21-16-27(32-17-23(21)34-29(35)31)40-22-12-8-5-9-13-22/h5,8-9,12-13,16-17,20,24-25H,4,6-7,10-11,14-15,18-19H2,1-3H3,(H2,31,34)(H,33,36)(H,37,38)/t24-,25+/m1/s1. The van der Waals surface area contributed by atoms with E-state index in [2.05, 4.69) is 20.2 Å². The molecule has 2 heterocycles. The Kier molecular flexibility index (Phi) is 9.63. The van der Waals surface area contributed by atoms with Crippen LogP contribution in [0.1, 0.15) is 71.3 Å². The number of pyridine rings is 1. The fourth-order valence-electron chi connectivity index (χ4n) is 5.32. The molecule has 10 heteroatoms. The fourth-order valence-corrected chi connectivity index (χ4v) is 5.32. The first-order valence-electron chi connectivity index (χ1n) is 14.1. The van der Waals surface area contributed by atoms with E-state index < -0.39 is 17.6 Å². The molecular weight excluding hydrogens is 510 g/mol. The summed E-state index contributed by atoms with van der Waals surface area (Å²) in [6.45, 7) is 5.97. The number of para-hydroxylation sites is 1. The van der Waals surface area contributed by atoms with E-state index in [1.165, 1.54) is 6.42 Å². The Morgan fingerprint density at radius 3 is 2.58 bits per heavy atom. The van der Waals surface area contributed by atoms with Crippen molar-refractivity contribution in [3.63, 3.8) is 0 Å². The number of hydrogen-bond acceptors (Lipinski definition) is 8. The van der Waals surface area contributed by atoms with Crippen LogP contribution in [-0.2, 0) is 20.9 Å². The van der Waals surface area contributed by atoms with Crippen molar-refractivity contribution < 1.29 is 24.2 Å². The van der Waals surface area contributed by atoms with Crippen LogP contribution in [0.25, 0.3) is 0 Å². The van der Waals surface area contributed by atoms with Crippen molar-refractivity contribution in [1.82, 2.24) is 15.2 Å². The highest BCUT2D eigenvalue weighted by Gasteiger charge is 2.33. The number of fused-ring (bicyclic) bond motifs is 1. The molecule has 1 saturated carbocycles. The number of ether oxygens (including phenoxy) is 2. The van der Waals surface area contributed by atoms with Gasteiger partial charge in [0.15, 0.2) is 12.0 Å². The predicted octanol–water partition coefficient (Wildman–Crippen LogP) is 4.75. The number of carbonyl (C=O) groups excluding carboxylic acids is 1. The molecule has 2 aromatic rings. The minimum atomic E-state index is -1.12. The summed E-state index contributed by atoms with van der Waals surface area (Å²) in [6.07, 6.45) is 7.97. The lowest BCUT2D eigenvalue weighted by atomic mass is 9.81. The van der Waals surface area contributed by atoms with Gasteiger partial charge in [0.25, 0.3) is 0 Å². The minimum absolute atomic E-state index is 0.0105. The first kappa shape index (κ1) is 29.3. The van der Waals surface area contributed by atoms with Crippen molar-refractivity contribution in [1.29, 1.82) is 0 Å². The van der Waals surface area contributed by atoms with Crippen LogP contribution in [0.15, 0.2) is 47.6 Å². The van der Waals surface area contributed by atoms with Crippen molar-refractivity contribution >= 4 is 23.5 Å². The van der Waals surface area contributed by atoms with Gasteiger partial charge in [-0.2, -0.15) is 0 Å². The average molecular weight is 552 g/mol. The summed E-state index contributed by atoms with van der Waals surface area (Å²) in [7, 11) is 0. The topological polar surface area (TPSA) is 139 Å². The van der Waals surface area contributed by atoms with Gasteiger partial charge in [0.05, 0.1) is 24.1 Å². The maximum Gasteiger partial charge on any atom is 0.328 e. The smallest absolute Gasteiger partial charge is 0.328 e. The maximum absolute atomic E-state index is 12.9. The second kappa shape index (κ2) is 13.1. The molecule has 216 valence electrons. The van der Waals surface area contributed by atoms with Crippen LogP contribution in [0, 0.1) is 5.92 Å². The van der Waals surface area contributed by atoms with E-state index in [4.69, 9.17) is 15.2 Å². The molecule has 0 saturated heterocycles. The van der Waals surface area contributed by atoms with E-state index >= 15 is 0 Å². The third kappa shape index (κ3) is 8.17. The fraction of sp³-hybridized carbons (Fsp3) is 0.533. The molecule has 1 aliphatic carbocycles. The number of carbonyl (C=O) groups is 2. The zero-order valence-electron chi connectivity index (χ0n) is 23.6. The third-order valence-corrected chi connectivity index (χ3v) is 7.35. The van der Waals surface area contributed by atoms with E-state index in [-0.39, 0.29) is 25.0 Å². The van der Waals surface area contributed by atoms with Gasteiger partial charge in [-0.15, -0.1) is 0 Å². The van der Waals surface area contributed by atoms with E-state index in [0.717, 1.165) is 31.2 Å². The lowest BCUT2D eigenvalue weighted by Crippen LogP contribution is -2.50. The van der Waals surface area contributed by atoms with Gasteiger partial charge in [0.2, 0.25) is 11.8 Å². The zero-order chi connectivity index (χ0) is 28.7. The molecule has 0 spiro atoms. The van der Waals surface area contributed by atoms with Crippen LogP contribution in [0.5, 0.6) is 11.6 Å². The lowest BCUT2D eigenvalue weighted by molar-refractivity contribution is -0.145. The molecule has 1 amide bonds. The summed E-state index contributed by atoms with van der Waals surface area (Å²) in [4.78, 5) is 35.8. The Labute approximate surface area is 236 Å². The van der Waals surface area contributed by atoms with E-state index in [0.29, 0.717) is 42.2 Å². The second-order valence-electron chi connectivity index (χ2n) is 11.6. The Balaban J connectivity index is 1.46. The van der Waals surface area contributed by atoms with Crippen molar-refractivity contribution in [2.24, 2.45) is 16.6 Å². The van der Waals surface area contributed by atoms with Crippen molar-refractivity contribution in [3.8, 4) is 11.6 Å². The van der Waals surface area contributed by atoms with Gasteiger partial charge in [-0.1, -0.05) is 37.5 Å². The van der Waals surface area contributed by atoms with Gasteiger partial charge in [0, 0.05) is 30.6 Å². The van der Waals surface area contributed by atoms with Gasteiger partial charge in [-0.3, -0.25) is 4.79 Å². The Hall–Kier alpha value is -3.66.